The topological polar surface area (TPSA) is 49.8 Å². The predicted octanol–water partition coefficient (Wildman–Crippen LogP) is 3.08. The van der Waals surface area contributed by atoms with Gasteiger partial charge in [-0.2, -0.15) is 0 Å². The minimum atomic E-state index is -0.254. The van der Waals surface area contributed by atoms with Gasteiger partial charge in [0.15, 0.2) is 0 Å². The maximum absolute atomic E-state index is 12.6. The van der Waals surface area contributed by atoms with E-state index in [0.717, 1.165) is 11.3 Å². The number of rotatable bonds is 1. The number of benzene rings is 2. The van der Waals surface area contributed by atoms with Crippen molar-refractivity contribution in [2.24, 2.45) is 0 Å². The van der Waals surface area contributed by atoms with E-state index < -0.39 is 0 Å². The monoisotopic (exact) mass is 303 g/mol. The summed E-state index contributed by atoms with van der Waals surface area (Å²) in [6.45, 7) is 1.32. The highest BCUT2D eigenvalue weighted by Crippen LogP contribution is 2.27. The van der Waals surface area contributed by atoms with Crippen molar-refractivity contribution in [3.63, 3.8) is 0 Å². The first-order valence-electron chi connectivity index (χ1n) is 6.63. The van der Waals surface area contributed by atoms with E-state index in [9.17, 15) is 9.90 Å². The van der Waals surface area contributed by atoms with Gasteiger partial charge in [0.1, 0.15) is 18.1 Å². The van der Waals surface area contributed by atoms with E-state index in [1.165, 1.54) is 12.1 Å². The largest absolute Gasteiger partial charge is 0.507 e. The standard InChI is InChI=1S/C16H14ClNO3/c17-12-5-6-14(19)13(9-12)16(20)18-7-8-21-15-4-2-1-3-11(15)10-18/h1-6,9,19H,7-8,10H2. The maximum Gasteiger partial charge on any atom is 0.258 e. The first kappa shape index (κ1) is 13.8. The molecule has 1 aliphatic heterocycles. The van der Waals surface area contributed by atoms with Crippen molar-refractivity contribution < 1.29 is 14.6 Å². The quantitative estimate of drug-likeness (QED) is 0.881. The second-order valence-corrected chi connectivity index (χ2v) is 5.28. The Morgan fingerprint density at radius 3 is 2.90 bits per heavy atom. The number of carbonyl (C=O) groups is 1. The fraction of sp³-hybridized carbons (Fsp3) is 0.188. The van der Waals surface area contributed by atoms with Gasteiger partial charge in [-0.3, -0.25) is 4.79 Å². The van der Waals surface area contributed by atoms with Crippen LogP contribution in [0, 0.1) is 0 Å². The number of phenols is 1. The van der Waals surface area contributed by atoms with Crippen molar-refractivity contribution in [2.45, 2.75) is 6.54 Å². The first-order chi connectivity index (χ1) is 10.1. The molecule has 0 fully saturated rings. The van der Waals surface area contributed by atoms with Crippen LogP contribution in [0.3, 0.4) is 0 Å². The third-order valence-corrected chi connectivity index (χ3v) is 3.66. The molecule has 1 heterocycles. The molecule has 3 rings (SSSR count). The van der Waals surface area contributed by atoms with Gasteiger partial charge in [-0.15, -0.1) is 0 Å². The van der Waals surface area contributed by atoms with Crippen LogP contribution < -0.4 is 4.74 Å². The highest BCUT2D eigenvalue weighted by Gasteiger charge is 2.23. The number of hydrogen-bond donors (Lipinski definition) is 1. The van der Waals surface area contributed by atoms with Crippen LogP contribution in [0.15, 0.2) is 42.5 Å². The van der Waals surface area contributed by atoms with Crippen LogP contribution in [0.5, 0.6) is 11.5 Å². The number of amides is 1. The molecule has 4 nitrogen and oxygen atoms in total. The molecular formula is C16H14ClNO3. The number of halogens is 1. The van der Waals surface area contributed by atoms with Crippen LogP contribution in [-0.2, 0) is 6.54 Å². The Labute approximate surface area is 127 Å². The lowest BCUT2D eigenvalue weighted by molar-refractivity contribution is 0.0730. The molecule has 2 aromatic rings. The molecule has 0 aromatic heterocycles. The Morgan fingerprint density at radius 1 is 1.24 bits per heavy atom. The highest BCUT2D eigenvalue weighted by atomic mass is 35.5. The summed E-state index contributed by atoms with van der Waals surface area (Å²) < 4.78 is 5.64. The zero-order valence-electron chi connectivity index (χ0n) is 11.3. The number of aromatic hydroxyl groups is 1. The van der Waals surface area contributed by atoms with E-state index in [2.05, 4.69) is 0 Å². The van der Waals surface area contributed by atoms with Gasteiger partial charge >= 0.3 is 0 Å². The first-order valence-corrected chi connectivity index (χ1v) is 7.01. The molecule has 1 N–H and O–H groups in total. The summed E-state index contributed by atoms with van der Waals surface area (Å²) in [4.78, 5) is 14.2. The molecule has 1 aliphatic rings. The van der Waals surface area contributed by atoms with E-state index in [0.29, 0.717) is 24.7 Å². The normalized spacial score (nSPS) is 14.0. The highest BCUT2D eigenvalue weighted by molar-refractivity contribution is 6.31. The summed E-state index contributed by atoms with van der Waals surface area (Å²) in [6, 6.07) is 12.1. The smallest absolute Gasteiger partial charge is 0.258 e. The summed E-state index contributed by atoms with van der Waals surface area (Å²) in [5.41, 5.74) is 1.16. The lowest BCUT2D eigenvalue weighted by Gasteiger charge is -2.20. The fourth-order valence-electron chi connectivity index (χ4n) is 2.35. The van der Waals surface area contributed by atoms with Crippen LogP contribution in [0.2, 0.25) is 5.02 Å². The van der Waals surface area contributed by atoms with E-state index in [1.54, 1.807) is 11.0 Å². The third-order valence-electron chi connectivity index (χ3n) is 3.43. The molecule has 0 spiro atoms. The van der Waals surface area contributed by atoms with Crippen molar-refractivity contribution in [3.05, 3.63) is 58.6 Å². The number of carbonyl (C=O) groups excluding carboxylic acids is 1. The molecule has 0 saturated heterocycles. The van der Waals surface area contributed by atoms with Crippen LogP contribution in [-0.4, -0.2) is 29.1 Å². The molecule has 21 heavy (non-hydrogen) atoms. The Morgan fingerprint density at radius 2 is 2.05 bits per heavy atom. The molecule has 0 unspecified atom stereocenters. The molecule has 0 atom stereocenters. The second-order valence-electron chi connectivity index (χ2n) is 4.84. The average Bonchev–Trinajstić information content (AvgIpc) is 2.71. The molecule has 2 aromatic carbocycles. The summed E-state index contributed by atoms with van der Waals surface area (Å²) in [7, 11) is 0. The van der Waals surface area contributed by atoms with Crippen LogP contribution in [0.1, 0.15) is 15.9 Å². The Kier molecular flexibility index (Phi) is 3.71. The van der Waals surface area contributed by atoms with Crippen LogP contribution in [0.25, 0.3) is 0 Å². The zero-order chi connectivity index (χ0) is 14.8. The lowest BCUT2D eigenvalue weighted by Crippen LogP contribution is -2.32. The van der Waals surface area contributed by atoms with Crippen molar-refractivity contribution in [1.29, 1.82) is 0 Å². The number of phenolic OH excluding ortho intramolecular Hbond substituents is 1. The molecule has 1 amide bonds. The van der Waals surface area contributed by atoms with Gasteiger partial charge in [0, 0.05) is 17.1 Å². The van der Waals surface area contributed by atoms with Gasteiger partial charge < -0.3 is 14.7 Å². The third kappa shape index (κ3) is 2.81. The van der Waals surface area contributed by atoms with E-state index >= 15 is 0 Å². The number of ether oxygens (including phenoxy) is 1. The SMILES string of the molecule is O=C(c1cc(Cl)ccc1O)N1CCOc2ccccc2C1. The lowest BCUT2D eigenvalue weighted by atomic mass is 10.1. The summed E-state index contributed by atoms with van der Waals surface area (Å²) >= 11 is 5.91. The van der Waals surface area contributed by atoms with Gasteiger partial charge in [-0.25, -0.2) is 0 Å². The van der Waals surface area contributed by atoms with Crippen molar-refractivity contribution >= 4 is 17.5 Å². The molecule has 0 aliphatic carbocycles. The Bertz CT molecular complexity index is 687. The maximum atomic E-state index is 12.6. The Balaban J connectivity index is 1.90. The molecular weight excluding hydrogens is 290 g/mol. The van der Waals surface area contributed by atoms with Crippen LogP contribution >= 0.6 is 11.6 Å². The van der Waals surface area contributed by atoms with Gasteiger partial charge in [-0.05, 0) is 24.3 Å². The van der Waals surface area contributed by atoms with Crippen LogP contribution in [0.4, 0.5) is 0 Å². The van der Waals surface area contributed by atoms with Gasteiger partial charge in [0.2, 0.25) is 0 Å². The summed E-state index contributed by atoms with van der Waals surface area (Å²) in [6.07, 6.45) is 0. The molecule has 108 valence electrons. The molecule has 0 bridgehead atoms. The second kappa shape index (κ2) is 5.66. The number of fused-ring (bicyclic) bond motifs is 1. The number of nitrogens with zero attached hydrogens (tertiary/aromatic N) is 1. The fourth-order valence-corrected chi connectivity index (χ4v) is 2.52. The van der Waals surface area contributed by atoms with Gasteiger partial charge in [-0.1, -0.05) is 29.8 Å². The van der Waals surface area contributed by atoms with Gasteiger partial charge in [0.05, 0.1) is 12.1 Å². The van der Waals surface area contributed by atoms with Gasteiger partial charge in [0.25, 0.3) is 5.91 Å². The van der Waals surface area contributed by atoms with E-state index in [1.807, 2.05) is 24.3 Å². The number of hydrogen-bond acceptors (Lipinski definition) is 3. The summed E-state index contributed by atoms with van der Waals surface area (Å²) in [5, 5.41) is 10.3. The van der Waals surface area contributed by atoms with Crippen molar-refractivity contribution in [1.82, 2.24) is 4.90 Å². The average molecular weight is 304 g/mol. The molecule has 0 saturated carbocycles. The minimum Gasteiger partial charge on any atom is -0.507 e. The van der Waals surface area contributed by atoms with Crippen molar-refractivity contribution in [3.8, 4) is 11.5 Å². The zero-order valence-corrected chi connectivity index (χ0v) is 12.0. The van der Waals surface area contributed by atoms with E-state index in [-0.39, 0.29) is 17.2 Å². The van der Waals surface area contributed by atoms with E-state index in [4.69, 9.17) is 16.3 Å². The Hall–Kier alpha value is -2.20. The number of para-hydroxylation sites is 1. The van der Waals surface area contributed by atoms with Crippen molar-refractivity contribution in [2.75, 3.05) is 13.2 Å². The minimum absolute atomic E-state index is 0.0668. The summed E-state index contributed by atoms with van der Waals surface area (Å²) in [5.74, 6) is 0.473. The molecule has 0 radical (unpaired) electrons. The predicted molar refractivity (Wildman–Crippen MR) is 79.8 cm³/mol. The molecule has 5 heteroatoms.